The highest BCUT2D eigenvalue weighted by Crippen LogP contribution is 2.17. The van der Waals surface area contributed by atoms with Crippen molar-refractivity contribution in [1.82, 2.24) is 5.32 Å². The van der Waals surface area contributed by atoms with E-state index in [4.69, 9.17) is 5.73 Å². The van der Waals surface area contributed by atoms with Gasteiger partial charge in [-0.05, 0) is 18.4 Å². The Balaban J connectivity index is 2.99. The Morgan fingerprint density at radius 1 is 1.47 bits per heavy atom. The van der Waals surface area contributed by atoms with Crippen LogP contribution in [-0.4, -0.2) is 23.4 Å². The van der Waals surface area contributed by atoms with Crippen LogP contribution in [0.3, 0.4) is 0 Å². The molecule has 6 heteroatoms. The molecule has 6 nitrogen and oxygen atoms in total. The number of hydrogen-bond donors (Lipinski definition) is 2. The summed E-state index contributed by atoms with van der Waals surface area (Å²) in [5.74, 6) is -0.127. The number of amides is 1. The van der Waals surface area contributed by atoms with Gasteiger partial charge in [-0.1, -0.05) is 19.9 Å². The Bertz CT molecular complexity index is 486. The number of nitro benzene ring substituents is 1. The lowest BCUT2D eigenvalue weighted by Gasteiger charge is -2.20. The molecule has 1 aromatic carbocycles. The molecule has 0 aliphatic heterocycles. The number of hydrogen-bond acceptors (Lipinski definition) is 4. The highest BCUT2D eigenvalue weighted by molar-refractivity contribution is 5.96. The predicted octanol–water partition coefficient (Wildman–Crippen LogP) is 1.62. The van der Waals surface area contributed by atoms with E-state index in [-0.39, 0.29) is 23.6 Å². The second-order valence-electron chi connectivity index (χ2n) is 4.82. The molecule has 0 bridgehead atoms. The molecule has 104 valence electrons. The molecule has 0 saturated heterocycles. The zero-order valence-corrected chi connectivity index (χ0v) is 11.3. The lowest BCUT2D eigenvalue weighted by molar-refractivity contribution is -0.384. The lowest BCUT2D eigenvalue weighted by Crippen LogP contribution is -2.43. The Morgan fingerprint density at radius 3 is 2.58 bits per heavy atom. The van der Waals surface area contributed by atoms with Gasteiger partial charge in [0.15, 0.2) is 0 Å². The average molecular weight is 265 g/mol. The fraction of sp³-hybridized carbons (Fsp3) is 0.462. The van der Waals surface area contributed by atoms with Crippen LogP contribution < -0.4 is 11.1 Å². The fourth-order valence-corrected chi connectivity index (χ4v) is 1.71. The molecule has 0 aliphatic rings. The first-order chi connectivity index (χ1) is 8.86. The van der Waals surface area contributed by atoms with Crippen LogP contribution in [0, 0.1) is 23.0 Å². The van der Waals surface area contributed by atoms with E-state index in [0.717, 1.165) is 0 Å². The summed E-state index contributed by atoms with van der Waals surface area (Å²) in [6.45, 7) is 5.99. The van der Waals surface area contributed by atoms with Gasteiger partial charge in [-0.3, -0.25) is 14.9 Å². The maximum atomic E-state index is 12.1. The van der Waals surface area contributed by atoms with E-state index in [1.54, 1.807) is 13.0 Å². The van der Waals surface area contributed by atoms with Gasteiger partial charge < -0.3 is 11.1 Å². The van der Waals surface area contributed by atoms with E-state index < -0.39 is 4.92 Å². The van der Waals surface area contributed by atoms with Crippen LogP contribution in [0.1, 0.15) is 29.8 Å². The number of non-ortho nitro benzene ring substituents is 1. The number of benzene rings is 1. The molecule has 0 fully saturated rings. The topological polar surface area (TPSA) is 98.3 Å². The van der Waals surface area contributed by atoms with Crippen LogP contribution in [-0.2, 0) is 0 Å². The Kier molecular flexibility index (Phi) is 5.00. The molecule has 1 aromatic rings. The van der Waals surface area contributed by atoms with Gasteiger partial charge in [0.2, 0.25) is 0 Å². The number of rotatable bonds is 5. The normalized spacial score (nSPS) is 12.3. The molecule has 0 radical (unpaired) electrons. The molecule has 1 rings (SSSR count). The molecule has 0 spiro atoms. The van der Waals surface area contributed by atoms with E-state index in [1.807, 2.05) is 13.8 Å². The third-order valence-electron chi connectivity index (χ3n) is 3.05. The van der Waals surface area contributed by atoms with Crippen molar-refractivity contribution in [3.63, 3.8) is 0 Å². The van der Waals surface area contributed by atoms with Gasteiger partial charge in [-0.15, -0.1) is 0 Å². The third kappa shape index (κ3) is 3.75. The summed E-state index contributed by atoms with van der Waals surface area (Å²) in [6, 6.07) is 4.10. The molecule has 1 amide bonds. The Hall–Kier alpha value is -1.95. The van der Waals surface area contributed by atoms with Gasteiger partial charge in [-0.25, -0.2) is 0 Å². The maximum absolute atomic E-state index is 12.1. The standard InChI is InChI=1S/C13H19N3O3/c1-8(2)12(7-14)15-13(17)11-6-10(16(18)19)5-4-9(11)3/h4-6,8,12H,7,14H2,1-3H3,(H,15,17). The van der Waals surface area contributed by atoms with Crippen LogP contribution in [0.5, 0.6) is 0 Å². The number of carbonyl (C=O) groups excluding carboxylic acids is 1. The van der Waals surface area contributed by atoms with Crippen molar-refractivity contribution in [3.8, 4) is 0 Å². The van der Waals surface area contributed by atoms with Gasteiger partial charge in [0, 0.05) is 30.3 Å². The zero-order chi connectivity index (χ0) is 14.6. The Morgan fingerprint density at radius 2 is 2.11 bits per heavy atom. The summed E-state index contributed by atoms with van der Waals surface area (Å²) in [4.78, 5) is 22.3. The average Bonchev–Trinajstić information content (AvgIpc) is 2.35. The molecule has 0 saturated carbocycles. The van der Waals surface area contributed by atoms with Crippen molar-refractivity contribution in [1.29, 1.82) is 0 Å². The van der Waals surface area contributed by atoms with Crippen LogP contribution in [0.4, 0.5) is 5.69 Å². The fourth-order valence-electron chi connectivity index (χ4n) is 1.71. The number of nitrogens with zero attached hydrogens (tertiary/aromatic N) is 1. The predicted molar refractivity (Wildman–Crippen MR) is 73.0 cm³/mol. The van der Waals surface area contributed by atoms with Gasteiger partial charge in [-0.2, -0.15) is 0 Å². The first-order valence-electron chi connectivity index (χ1n) is 6.12. The van der Waals surface area contributed by atoms with Crippen molar-refractivity contribution in [3.05, 3.63) is 39.4 Å². The molecule has 1 unspecified atom stereocenters. The first-order valence-corrected chi connectivity index (χ1v) is 6.12. The van der Waals surface area contributed by atoms with Gasteiger partial charge in [0.1, 0.15) is 0 Å². The van der Waals surface area contributed by atoms with Gasteiger partial charge in [0.25, 0.3) is 11.6 Å². The second kappa shape index (κ2) is 6.29. The summed E-state index contributed by atoms with van der Waals surface area (Å²) in [6.07, 6.45) is 0. The third-order valence-corrected chi connectivity index (χ3v) is 3.05. The molecule has 0 aromatic heterocycles. The molecule has 1 atom stereocenters. The SMILES string of the molecule is Cc1ccc([N+](=O)[O-])cc1C(=O)NC(CN)C(C)C. The van der Waals surface area contributed by atoms with Crippen LogP contribution >= 0.6 is 0 Å². The minimum Gasteiger partial charge on any atom is -0.348 e. The minimum absolute atomic E-state index is 0.0930. The summed E-state index contributed by atoms with van der Waals surface area (Å²) in [5.41, 5.74) is 6.51. The van der Waals surface area contributed by atoms with Gasteiger partial charge in [0.05, 0.1) is 4.92 Å². The molecular weight excluding hydrogens is 246 g/mol. The van der Waals surface area contributed by atoms with E-state index in [9.17, 15) is 14.9 Å². The highest BCUT2D eigenvalue weighted by atomic mass is 16.6. The largest absolute Gasteiger partial charge is 0.348 e. The van der Waals surface area contributed by atoms with E-state index in [2.05, 4.69) is 5.32 Å². The molecule has 0 heterocycles. The Labute approximate surface area is 112 Å². The van der Waals surface area contributed by atoms with Crippen molar-refractivity contribution >= 4 is 11.6 Å². The number of nitrogens with one attached hydrogen (secondary N) is 1. The van der Waals surface area contributed by atoms with Crippen LogP contribution in [0.25, 0.3) is 0 Å². The quantitative estimate of drug-likeness (QED) is 0.624. The number of carbonyl (C=O) groups is 1. The molecule has 0 aliphatic carbocycles. The van der Waals surface area contributed by atoms with Crippen molar-refractivity contribution < 1.29 is 9.72 Å². The van der Waals surface area contributed by atoms with Crippen molar-refractivity contribution in [2.45, 2.75) is 26.8 Å². The summed E-state index contributed by atoms with van der Waals surface area (Å²) < 4.78 is 0. The zero-order valence-electron chi connectivity index (χ0n) is 11.3. The highest BCUT2D eigenvalue weighted by Gasteiger charge is 2.19. The summed E-state index contributed by atoms with van der Waals surface area (Å²) in [5, 5.41) is 13.5. The van der Waals surface area contributed by atoms with Crippen LogP contribution in [0.2, 0.25) is 0 Å². The monoisotopic (exact) mass is 265 g/mol. The summed E-state index contributed by atoms with van der Waals surface area (Å²) >= 11 is 0. The first kappa shape index (κ1) is 15.1. The number of aryl methyl sites for hydroxylation is 1. The van der Waals surface area contributed by atoms with Crippen molar-refractivity contribution in [2.24, 2.45) is 11.7 Å². The van der Waals surface area contributed by atoms with Crippen molar-refractivity contribution in [2.75, 3.05) is 6.54 Å². The maximum Gasteiger partial charge on any atom is 0.270 e. The second-order valence-corrected chi connectivity index (χ2v) is 4.82. The number of nitro groups is 1. The number of nitrogens with two attached hydrogens (primary N) is 1. The molecular formula is C13H19N3O3. The van der Waals surface area contributed by atoms with Gasteiger partial charge >= 0.3 is 0 Å². The van der Waals surface area contributed by atoms with Crippen LogP contribution in [0.15, 0.2) is 18.2 Å². The summed E-state index contributed by atoms with van der Waals surface area (Å²) in [7, 11) is 0. The van der Waals surface area contributed by atoms with E-state index >= 15 is 0 Å². The smallest absolute Gasteiger partial charge is 0.270 e. The molecule has 3 N–H and O–H groups in total. The van der Waals surface area contributed by atoms with E-state index in [0.29, 0.717) is 17.7 Å². The minimum atomic E-state index is -0.515. The van der Waals surface area contributed by atoms with E-state index in [1.165, 1.54) is 12.1 Å². The molecule has 19 heavy (non-hydrogen) atoms. The lowest BCUT2D eigenvalue weighted by atomic mass is 10.0.